The minimum Gasteiger partial charge on any atom is -0.342 e. The summed E-state index contributed by atoms with van der Waals surface area (Å²) in [5.41, 5.74) is 0.118. The van der Waals surface area contributed by atoms with Crippen LogP contribution in [0.5, 0.6) is 0 Å². The first-order valence-electron chi connectivity index (χ1n) is 5.26. The highest BCUT2D eigenvalue weighted by atomic mass is 79.9. The Morgan fingerprint density at radius 1 is 1.50 bits per heavy atom. The third-order valence-corrected chi connectivity index (χ3v) is 2.85. The molecule has 0 saturated carbocycles. The van der Waals surface area contributed by atoms with Crippen molar-refractivity contribution in [3.63, 3.8) is 0 Å². The van der Waals surface area contributed by atoms with Gasteiger partial charge in [-0.1, -0.05) is 29.3 Å². The second-order valence-electron chi connectivity index (χ2n) is 3.70. The molecule has 0 N–H and O–H groups in total. The molecule has 1 aromatic rings. The fourth-order valence-electron chi connectivity index (χ4n) is 1.36. The van der Waals surface area contributed by atoms with E-state index >= 15 is 0 Å². The summed E-state index contributed by atoms with van der Waals surface area (Å²) in [6, 6.07) is 4.39. The van der Waals surface area contributed by atoms with Crippen molar-refractivity contribution < 1.29 is 9.18 Å². The molecule has 0 bridgehead atoms. The lowest BCUT2D eigenvalue weighted by Gasteiger charge is -2.17. The fourth-order valence-corrected chi connectivity index (χ4v) is 1.72. The minimum absolute atomic E-state index is 0.118. The van der Waals surface area contributed by atoms with Crippen molar-refractivity contribution in [3.05, 3.63) is 34.1 Å². The number of benzene rings is 1. The zero-order valence-corrected chi connectivity index (χ0v) is 11.1. The third-order valence-electron chi connectivity index (χ3n) is 2.35. The van der Waals surface area contributed by atoms with Crippen molar-refractivity contribution in [2.24, 2.45) is 0 Å². The summed E-state index contributed by atoms with van der Waals surface area (Å²) in [6.07, 6.45) is 1.94. The van der Waals surface area contributed by atoms with Gasteiger partial charge >= 0.3 is 0 Å². The van der Waals surface area contributed by atoms with Crippen LogP contribution in [0.15, 0.2) is 22.7 Å². The smallest absolute Gasteiger partial charge is 0.256 e. The normalized spacial score (nSPS) is 10.2. The number of carbonyl (C=O) groups excluding carboxylic acids is 1. The van der Waals surface area contributed by atoms with E-state index in [1.165, 1.54) is 12.1 Å². The van der Waals surface area contributed by atoms with Crippen LogP contribution in [0.4, 0.5) is 4.39 Å². The van der Waals surface area contributed by atoms with Gasteiger partial charge < -0.3 is 4.90 Å². The van der Waals surface area contributed by atoms with Crippen LogP contribution in [-0.4, -0.2) is 24.4 Å². The zero-order chi connectivity index (χ0) is 12.1. The van der Waals surface area contributed by atoms with Gasteiger partial charge in [-0.3, -0.25) is 4.79 Å². The number of rotatable bonds is 4. The van der Waals surface area contributed by atoms with Crippen LogP contribution in [0.1, 0.15) is 30.1 Å². The molecule has 1 amide bonds. The van der Waals surface area contributed by atoms with Crippen LogP contribution in [0, 0.1) is 5.82 Å². The molecular formula is C12H15BrFNO. The molecule has 0 aliphatic rings. The van der Waals surface area contributed by atoms with Crippen LogP contribution in [0.3, 0.4) is 0 Å². The molecule has 0 aliphatic carbocycles. The first-order chi connectivity index (χ1) is 7.56. The zero-order valence-electron chi connectivity index (χ0n) is 9.46. The maximum atomic E-state index is 13.4. The summed E-state index contributed by atoms with van der Waals surface area (Å²) in [4.78, 5) is 13.4. The van der Waals surface area contributed by atoms with Crippen molar-refractivity contribution in [1.82, 2.24) is 4.90 Å². The fraction of sp³-hybridized carbons (Fsp3) is 0.417. The molecular weight excluding hydrogens is 273 g/mol. The van der Waals surface area contributed by atoms with Crippen LogP contribution < -0.4 is 0 Å². The molecule has 0 unspecified atom stereocenters. The molecule has 0 atom stereocenters. The molecule has 0 saturated heterocycles. The highest BCUT2D eigenvalue weighted by Gasteiger charge is 2.15. The number of hydrogen-bond donors (Lipinski definition) is 0. The van der Waals surface area contributed by atoms with Gasteiger partial charge in [-0.05, 0) is 24.6 Å². The third kappa shape index (κ3) is 3.30. The molecule has 0 aliphatic heterocycles. The molecule has 88 valence electrons. The van der Waals surface area contributed by atoms with E-state index in [0.717, 1.165) is 12.8 Å². The Morgan fingerprint density at radius 3 is 2.81 bits per heavy atom. The van der Waals surface area contributed by atoms with Crippen molar-refractivity contribution in [1.29, 1.82) is 0 Å². The Hall–Kier alpha value is -0.900. The Balaban J connectivity index is 2.83. The monoisotopic (exact) mass is 287 g/mol. The minimum atomic E-state index is -0.475. The lowest BCUT2D eigenvalue weighted by atomic mass is 10.2. The first kappa shape index (κ1) is 13.2. The molecule has 0 spiro atoms. The van der Waals surface area contributed by atoms with Gasteiger partial charge in [0.25, 0.3) is 5.91 Å². The van der Waals surface area contributed by atoms with E-state index in [9.17, 15) is 9.18 Å². The summed E-state index contributed by atoms with van der Waals surface area (Å²) in [7, 11) is 1.69. The Morgan fingerprint density at radius 2 is 2.19 bits per heavy atom. The van der Waals surface area contributed by atoms with E-state index in [1.807, 2.05) is 0 Å². The van der Waals surface area contributed by atoms with Gasteiger partial charge in [0, 0.05) is 18.1 Å². The topological polar surface area (TPSA) is 20.3 Å². The Bertz CT molecular complexity index is 381. The average molecular weight is 288 g/mol. The molecule has 0 heterocycles. The van der Waals surface area contributed by atoms with E-state index in [2.05, 4.69) is 22.9 Å². The van der Waals surface area contributed by atoms with Crippen LogP contribution in [0.2, 0.25) is 0 Å². The number of amides is 1. The van der Waals surface area contributed by atoms with Gasteiger partial charge in [0.1, 0.15) is 5.82 Å². The van der Waals surface area contributed by atoms with Gasteiger partial charge in [0.05, 0.1) is 5.56 Å². The Kier molecular flexibility index (Phi) is 4.93. The van der Waals surface area contributed by atoms with Gasteiger partial charge in [-0.2, -0.15) is 0 Å². The lowest BCUT2D eigenvalue weighted by molar-refractivity contribution is 0.0788. The summed E-state index contributed by atoms with van der Waals surface area (Å²) >= 11 is 3.23. The van der Waals surface area contributed by atoms with Crippen molar-refractivity contribution in [3.8, 4) is 0 Å². The van der Waals surface area contributed by atoms with Crippen LogP contribution in [-0.2, 0) is 0 Å². The van der Waals surface area contributed by atoms with Gasteiger partial charge in [0.15, 0.2) is 0 Å². The van der Waals surface area contributed by atoms with Gasteiger partial charge in [-0.25, -0.2) is 4.39 Å². The van der Waals surface area contributed by atoms with Gasteiger partial charge in [0.2, 0.25) is 0 Å². The highest BCUT2D eigenvalue weighted by molar-refractivity contribution is 9.10. The van der Waals surface area contributed by atoms with Crippen molar-refractivity contribution in [2.45, 2.75) is 19.8 Å². The van der Waals surface area contributed by atoms with Crippen LogP contribution >= 0.6 is 15.9 Å². The number of hydrogen-bond acceptors (Lipinski definition) is 1. The van der Waals surface area contributed by atoms with E-state index in [0.29, 0.717) is 11.0 Å². The average Bonchev–Trinajstić information content (AvgIpc) is 2.28. The van der Waals surface area contributed by atoms with E-state index in [4.69, 9.17) is 0 Å². The summed E-state index contributed by atoms with van der Waals surface area (Å²) in [5, 5.41) is 0. The SMILES string of the molecule is CCCCN(C)C(=O)c1cc(Br)ccc1F. The number of nitrogens with zero attached hydrogens (tertiary/aromatic N) is 1. The summed E-state index contributed by atoms with van der Waals surface area (Å²) in [5.74, 6) is -0.746. The highest BCUT2D eigenvalue weighted by Crippen LogP contribution is 2.17. The number of carbonyl (C=O) groups is 1. The molecule has 0 radical (unpaired) electrons. The van der Waals surface area contributed by atoms with E-state index in [-0.39, 0.29) is 11.5 Å². The quantitative estimate of drug-likeness (QED) is 0.831. The van der Waals surface area contributed by atoms with Crippen LogP contribution in [0.25, 0.3) is 0 Å². The standard InChI is InChI=1S/C12H15BrFNO/c1-3-4-7-15(2)12(16)10-8-9(13)5-6-11(10)14/h5-6,8H,3-4,7H2,1-2H3. The molecule has 1 rings (SSSR count). The Labute approximate surface area is 104 Å². The molecule has 16 heavy (non-hydrogen) atoms. The maximum Gasteiger partial charge on any atom is 0.256 e. The summed E-state index contributed by atoms with van der Waals surface area (Å²) < 4.78 is 14.1. The molecule has 0 fully saturated rings. The van der Waals surface area contributed by atoms with E-state index in [1.54, 1.807) is 18.0 Å². The predicted molar refractivity (Wildman–Crippen MR) is 66.0 cm³/mol. The van der Waals surface area contributed by atoms with Crippen molar-refractivity contribution in [2.75, 3.05) is 13.6 Å². The van der Waals surface area contributed by atoms with Gasteiger partial charge in [-0.15, -0.1) is 0 Å². The molecule has 1 aromatic carbocycles. The van der Waals surface area contributed by atoms with Crippen molar-refractivity contribution >= 4 is 21.8 Å². The number of halogens is 2. The predicted octanol–water partition coefficient (Wildman–Crippen LogP) is 3.46. The number of unbranched alkanes of at least 4 members (excludes halogenated alkanes) is 1. The second kappa shape index (κ2) is 5.99. The second-order valence-corrected chi connectivity index (χ2v) is 4.62. The largest absolute Gasteiger partial charge is 0.342 e. The molecule has 4 heteroatoms. The molecule has 0 aromatic heterocycles. The first-order valence-corrected chi connectivity index (χ1v) is 6.06. The molecule has 2 nitrogen and oxygen atoms in total. The lowest BCUT2D eigenvalue weighted by Crippen LogP contribution is -2.28. The summed E-state index contributed by atoms with van der Waals surface area (Å²) in [6.45, 7) is 2.71. The maximum absolute atomic E-state index is 13.4. The van der Waals surface area contributed by atoms with E-state index < -0.39 is 5.82 Å².